The van der Waals surface area contributed by atoms with Gasteiger partial charge in [-0.05, 0) is 37.3 Å². The number of hydrogen-bond acceptors (Lipinski definition) is 5. The number of benzene rings is 1. The van der Waals surface area contributed by atoms with Crippen molar-refractivity contribution in [2.45, 2.75) is 63.7 Å². The zero-order valence-electron chi connectivity index (χ0n) is 16.9. The topological polar surface area (TPSA) is 81.3 Å². The lowest BCUT2D eigenvalue weighted by Gasteiger charge is -2.13. The molecule has 154 valence electrons. The molecule has 4 rings (SSSR count). The van der Waals surface area contributed by atoms with E-state index < -0.39 is 0 Å². The number of thioether (sulfide) groups is 1. The highest BCUT2D eigenvalue weighted by molar-refractivity contribution is 7.99. The van der Waals surface area contributed by atoms with Crippen LogP contribution in [0.5, 0.6) is 0 Å². The summed E-state index contributed by atoms with van der Waals surface area (Å²) in [6.07, 6.45) is 5.39. The van der Waals surface area contributed by atoms with Gasteiger partial charge in [0.25, 0.3) is 5.56 Å². The predicted molar refractivity (Wildman–Crippen MR) is 115 cm³/mol. The van der Waals surface area contributed by atoms with Gasteiger partial charge in [-0.1, -0.05) is 50.6 Å². The Labute approximate surface area is 173 Å². The molecular formula is C21H27N5O2S. The summed E-state index contributed by atoms with van der Waals surface area (Å²) in [7, 11) is 0. The Morgan fingerprint density at radius 2 is 2.00 bits per heavy atom. The largest absolute Gasteiger partial charge is 0.353 e. The predicted octanol–water partition coefficient (Wildman–Crippen LogP) is 3.24. The molecule has 1 aliphatic carbocycles. The lowest BCUT2D eigenvalue weighted by Crippen LogP contribution is -2.33. The summed E-state index contributed by atoms with van der Waals surface area (Å²) < 4.78 is 3.61. The molecule has 1 aliphatic rings. The highest BCUT2D eigenvalue weighted by atomic mass is 32.2. The van der Waals surface area contributed by atoms with Crippen LogP contribution in [0.15, 0.2) is 34.2 Å². The Kier molecular flexibility index (Phi) is 5.89. The molecule has 0 unspecified atom stereocenters. The number of rotatable bonds is 7. The zero-order valence-corrected chi connectivity index (χ0v) is 17.7. The summed E-state index contributed by atoms with van der Waals surface area (Å²) in [5.74, 6) is 1.32. The van der Waals surface area contributed by atoms with Crippen LogP contribution in [0.3, 0.4) is 0 Å². The number of para-hydroxylation sites is 1. The molecule has 0 radical (unpaired) electrons. The van der Waals surface area contributed by atoms with Crippen LogP contribution in [0, 0.1) is 5.92 Å². The molecule has 1 fully saturated rings. The standard InChI is InChI=1S/C21H27N5O2S/c1-14(2)11-12-25-19(28)16-9-5-6-10-17(16)26-20(25)23-24-21(26)29-13-18(27)22-15-7-3-4-8-15/h5-6,9-10,14-15H,3-4,7-8,11-13H2,1-2H3,(H,22,27). The Hall–Kier alpha value is -2.35. The number of fused-ring (bicyclic) bond motifs is 3. The third-order valence-electron chi connectivity index (χ3n) is 5.46. The molecule has 1 aromatic carbocycles. The third-order valence-corrected chi connectivity index (χ3v) is 6.39. The van der Waals surface area contributed by atoms with Crippen molar-refractivity contribution in [3.8, 4) is 0 Å². The second-order valence-electron chi connectivity index (χ2n) is 8.11. The van der Waals surface area contributed by atoms with E-state index in [1.807, 2.05) is 28.7 Å². The van der Waals surface area contributed by atoms with Crippen LogP contribution in [0.2, 0.25) is 0 Å². The van der Waals surface area contributed by atoms with E-state index in [0.717, 1.165) is 24.8 Å². The van der Waals surface area contributed by atoms with Gasteiger partial charge in [-0.3, -0.25) is 18.6 Å². The fourth-order valence-corrected chi connectivity index (χ4v) is 4.64. The third kappa shape index (κ3) is 4.17. The molecule has 1 amide bonds. The summed E-state index contributed by atoms with van der Waals surface area (Å²) in [5.41, 5.74) is 0.730. The average Bonchev–Trinajstić information content (AvgIpc) is 3.36. The first-order valence-corrected chi connectivity index (χ1v) is 11.3. The molecule has 2 aromatic heterocycles. The van der Waals surface area contributed by atoms with Gasteiger partial charge in [-0.2, -0.15) is 0 Å². The fourth-order valence-electron chi connectivity index (χ4n) is 3.89. The average molecular weight is 414 g/mol. The minimum Gasteiger partial charge on any atom is -0.353 e. The number of carbonyl (C=O) groups is 1. The van der Waals surface area contributed by atoms with Gasteiger partial charge in [0.05, 0.1) is 16.7 Å². The van der Waals surface area contributed by atoms with E-state index in [4.69, 9.17) is 0 Å². The highest BCUT2D eigenvalue weighted by Gasteiger charge is 2.20. The van der Waals surface area contributed by atoms with E-state index in [1.54, 1.807) is 4.57 Å². The molecule has 7 nitrogen and oxygen atoms in total. The zero-order chi connectivity index (χ0) is 20.4. The van der Waals surface area contributed by atoms with Gasteiger partial charge in [0.15, 0.2) is 5.16 Å². The molecule has 0 aliphatic heterocycles. The van der Waals surface area contributed by atoms with Gasteiger partial charge in [0, 0.05) is 12.6 Å². The number of carbonyl (C=O) groups excluding carboxylic acids is 1. The molecular weight excluding hydrogens is 386 g/mol. The summed E-state index contributed by atoms with van der Waals surface area (Å²) in [6, 6.07) is 7.82. The number of nitrogens with zero attached hydrogens (tertiary/aromatic N) is 4. The lowest BCUT2D eigenvalue weighted by molar-refractivity contribution is -0.119. The van der Waals surface area contributed by atoms with Gasteiger partial charge in [-0.15, -0.1) is 10.2 Å². The second kappa shape index (κ2) is 8.57. The molecule has 1 saturated carbocycles. The van der Waals surface area contributed by atoms with Crippen molar-refractivity contribution >= 4 is 34.3 Å². The van der Waals surface area contributed by atoms with E-state index in [1.165, 1.54) is 24.6 Å². The van der Waals surface area contributed by atoms with E-state index in [2.05, 4.69) is 29.4 Å². The monoisotopic (exact) mass is 413 g/mol. The first-order valence-electron chi connectivity index (χ1n) is 10.3. The van der Waals surface area contributed by atoms with Crippen LogP contribution in [0.25, 0.3) is 16.7 Å². The first kappa shape index (κ1) is 19.9. The van der Waals surface area contributed by atoms with E-state index >= 15 is 0 Å². The molecule has 2 heterocycles. The fraction of sp³-hybridized carbons (Fsp3) is 0.524. The van der Waals surface area contributed by atoms with E-state index in [0.29, 0.717) is 34.8 Å². The maximum atomic E-state index is 13.0. The van der Waals surface area contributed by atoms with Crippen molar-refractivity contribution in [2.75, 3.05) is 5.75 Å². The molecule has 0 saturated heterocycles. The van der Waals surface area contributed by atoms with Gasteiger partial charge >= 0.3 is 0 Å². The van der Waals surface area contributed by atoms with Gasteiger partial charge in [0.1, 0.15) is 0 Å². The summed E-state index contributed by atoms with van der Waals surface area (Å²) in [6.45, 7) is 4.87. The summed E-state index contributed by atoms with van der Waals surface area (Å²) in [5, 5.41) is 13.0. The molecule has 1 N–H and O–H groups in total. The van der Waals surface area contributed by atoms with Crippen molar-refractivity contribution in [3.63, 3.8) is 0 Å². The number of amides is 1. The van der Waals surface area contributed by atoms with Crippen molar-refractivity contribution in [1.82, 2.24) is 24.5 Å². The number of hydrogen-bond donors (Lipinski definition) is 1. The van der Waals surface area contributed by atoms with Crippen LogP contribution in [0.4, 0.5) is 0 Å². The molecule has 8 heteroatoms. The number of aryl methyl sites for hydroxylation is 1. The summed E-state index contributed by atoms with van der Waals surface area (Å²) >= 11 is 1.36. The maximum Gasteiger partial charge on any atom is 0.262 e. The van der Waals surface area contributed by atoms with Gasteiger partial charge in [0.2, 0.25) is 11.7 Å². The Morgan fingerprint density at radius 3 is 2.76 bits per heavy atom. The Balaban J connectivity index is 1.66. The number of aromatic nitrogens is 4. The highest BCUT2D eigenvalue weighted by Crippen LogP contribution is 2.22. The normalized spacial score (nSPS) is 15.0. The van der Waals surface area contributed by atoms with Crippen molar-refractivity contribution in [3.05, 3.63) is 34.6 Å². The minimum atomic E-state index is -0.0447. The quantitative estimate of drug-likeness (QED) is 0.602. The molecule has 29 heavy (non-hydrogen) atoms. The van der Waals surface area contributed by atoms with Crippen molar-refractivity contribution < 1.29 is 4.79 Å². The SMILES string of the molecule is CC(C)CCn1c(=O)c2ccccc2n2c(SCC(=O)NC3CCCC3)nnc12. The molecule has 0 atom stereocenters. The van der Waals surface area contributed by atoms with Crippen molar-refractivity contribution in [1.29, 1.82) is 0 Å². The van der Waals surface area contributed by atoms with Crippen LogP contribution >= 0.6 is 11.8 Å². The van der Waals surface area contributed by atoms with E-state index in [9.17, 15) is 9.59 Å². The van der Waals surface area contributed by atoms with Gasteiger partial charge < -0.3 is 5.32 Å². The molecule has 3 aromatic rings. The maximum absolute atomic E-state index is 13.0. The van der Waals surface area contributed by atoms with Crippen LogP contribution in [-0.2, 0) is 11.3 Å². The lowest BCUT2D eigenvalue weighted by atomic mass is 10.1. The second-order valence-corrected chi connectivity index (χ2v) is 9.05. The Morgan fingerprint density at radius 1 is 1.24 bits per heavy atom. The van der Waals surface area contributed by atoms with Crippen LogP contribution in [-0.4, -0.2) is 36.9 Å². The Bertz CT molecular complexity index is 1080. The van der Waals surface area contributed by atoms with Crippen LogP contribution in [0.1, 0.15) is 46.0 Å². The smallest absolute Gasteiger partial charge is 0.262 e. The molecule has 0 bridgehead atoms. The molecule has 0 spiro atoms. The first-order chi connectivity index (χ1) is 14.0. The minimum absolute atomic E-state index is 0.0242. The van der Waals surface area contributed by atoms with E-state index in [-0.39, 0.29) is 17.2 Å². The summed E-state index contributed by atoms with van der Waals surface area (Å²) in [4.78, 5) is 25.4. The number of nitrogens with one attached hydrogen (secondary N) is 1. The van der Waals surface area contributed by atoms with Crippen molar-refractivity contribution in [2.24, 2.45) is 5.92 Å². The van der Waals surface area contributed by atoms with Crippen LogP contribution < -0.4 is 10.9 Å². The van der Waals surface area contributed by atoms with Gasteiger partial charge in [-0.25, -0.2) is 0 Å².